The van der Waals surface area contributed by atoms with E-state index in [9.17, 15) is 5.11 Å². The standard InChI is InChI=1S/C28H46O/c1-19(2)20(3)9-10-22(5)26-15-16-27-23(8-7-17-28(26,27)6)12-13-24-18-25(29)14-11-21(24)4/h9-10,12-13,19-22,25-27,29H,7-8,11,14-18H2,1-6H3/b10-9+,23-12+,24-13-/t20-,21+,22+,25-,26+,27-,28+/m0/s1. The predicted octanol–water partition coefficient (Wildman–Crippen LogP) is 7.72. The molecule has 29 heavy (non-hydrogen) atoms. The van der Waals surface area contributed by atoms with Crippen molar-refractivity contribution in [2.24, 2.45) is 40.9 Å². The second-order valence-corrected chi connectivity index (χ2v) is 11.3. The van der Waals surface area contributed by atoms with E-state index in [0.29, 0.717) is 23.2 Å². The van der Waals surface area contributed by atoms with Crippen LogP contribution in [0, 0.1) is 40.9 Å². The van der Waals surface area contributed by atoms with E-state index >= 15 is 0 Å². The lowest BCUT2D eigenvalue weighted by Crippen LogP contribution is -2.35. The van der Waals surface area contributed by atoms with Crippen LogP contribution in [-0.4, -0.2) is 11.2 Å². The molecule has 0 aromatic heterocycles. The van der Waals surface area contributed by atoms with E-state index in [-0.39, 0.29) is 6.10 Å². The first kappa shape index (κ1) is 22.9. The molecule has 3 fully saturated rings. The summed E-state index contributed by atoms with van der Waals surface area (Å²) >= 11 is 0. The molecule has 0 unspecified atom stereocenters. The van der Waals surface area contributed by atoms with Crippen molar-refractivity contribution in [3.63, 3.8) is 0 Å². The zero-order chi connectivity index (χ0) is 21.2. The van der Waals surface area contributed by atoms with Crippen molar-refractivity contribution in [2.45, 2.75) is 99.0 Å². The Kier molecular flexibility index (Phi) is 7.52. The van der Waals surface area contributed by atoms with Gasteiger partial charge in [-0.15, -0.1) is 0 Å². The molecule has 0 spiro atoms. The summed E-state index contributed by atoms with van der Waals surface area (Å²) in [5.41, 5.74) is 3.63. The van der Waals surface area contributed by atoms with Gasteiger partial charge in [0, 0.05) is 0 Å². The molecule has 1 N–H and O–H groups in total. The van der Waals surface area contributed by atoms with Crippen LogP contribution in [0.1, 0.15) is 92.9 Å². The molecule has 1 heteroatoms. The molecule has 0 bridgehead atoms. The minimum atomic E-state index is -0.121. The molecule has 0 heterocycles. The normalized spacial score (nSPS) is 40.7. The molecule has 0 radical (unpaired) electrons. The maximum absolute atomic E-state index is 10.1. The third-order valence-corrected chi connectivity index (χ3v) is 8.99. The van der Waals surface area contributed by atoms with Gasteiger partial charge in [0.1, 0.15) is 0 Å². The van der Waals surface area contributed by atoms with Gasteiger partial charge >= 0.3 is 0 Å². The second-order valence-electron chi connectivity index (χ2n) is 11.3. The van der Waals surface area contributed by atoms with Gasteiger partial charge in [-0.25, -0.2) is 0 Å². The molecular weight excluding hydrogens is 352 g/mol. The van der Waals surface area contributed by atoms with Crippen LogP contribution in [0.5, 0.6) is 0 Å². The van der Waals surface area contributed by atoms with Crippen LogP contribution in [0.2, 0.25) is 0 Å². The topological polar surface area (TPSA) is 20.2 Å². The molecule has 7 atom stereocenters. The van der Waals surface area contributed by atoms with Crippen molar-refractivity contribution < 1.29 is 5.11 Å². The molecule has 1 nitrogen and oxygen atoms in total. The molecule has 0 aliphatic heterocycles. The van der Waals surface area contributed by atoms with E-state index < -0.39 is 0 Å². The van der Waals surface area contributed by atoms with Crippen LogP contribution in [0.15, 0.2) is 35.5 Å². The zero-order valence-electron chi connectivity index (χ0n) is 20.0. The maximum atomic E-state index is 10.1. The monoisotopic (exact) mass is 398 g/mol. The van der Waals surface area contributed by atoms with Gasteiger partial charge in [0.25, 0.3) is 0 Å². The summed E-state index contributed by atoms with van der Waals surface area (Å²) in [6.45, 7) is 14.4. The fraction of sp³-hybridized carbons (Fsp3) is 0.786. The van der Waals surface area contributed by atoms with Crippen LogP contribution < -0.4 is 0 Å². The lowest BCUT2D eigenvalue weighted by atomic mass is 9.61. The highest BCUT2D eigenvalue weighted by atomic mass is 16.3. The molecular formula is C28H46O. The van der Waals surface area contributed by atoms with Gasteiger partial charge in [-0.1, -0.05) is 77.0 Å². The van der Waals surface area contributed by atoms with Crippen molar-refractivity contribution in [3.8, 4) is 0 Å². The highest BCUT2D eigenvalue weighted by molar-refractivity contribution is 5.27. The molecule has 164 valence electrons. The molecule has 0 aromatic rings. The quantitative estimate of drug-likeness (QED) is 0.470. The minimum absolute atomic E-state index is 0.121. The number of aliphatic hydroxyl groups excluding tert-OH is 1. The zero-order valence-corrected chi connectivity index (χ0v) is 20.0. The van der Waals surface area contributed by atoms with E-state index in [4.69, 9.17) is 0 Å². The molecule has 0 amide bonds. The Morgan fingerprint density at radius 3 is 2.41 bits per heavy atom. The average molecular weight is 399 g/mol. The first-order chi connectivity index (χ1) is 13.7. The van der Waals surface area contributed by atoms with Crippen molar-refractivity contribution in [1.82, 2.24) is 0 Å². The average Bonchev–Trinajstić information content (AvgIpc) is 3.04. The number of rotatable bonds is 5. The molecule has 3 rings (SSSR count). The number of hydrogen-bond acceptors (Lipinski definition) is 1. The third kappa shape index (κ3) is 5.09. The molecule has 3 aliphatic rings. The van der Waals surface area contributed by atoms with Crippen LogP contribution in [-0.2, 0) is 0 Å². The summed E-state index contributed by atoms with van der Waals surface area (Å²) in [7, 11) is 0. The van der Waals surface area contributed by atoms with Crippen molar-refractivity contribution in [2.75, 3.05) is 0 Å². The first-order valence-corrected chi connectivity index (χ1v) is 12.5. The summed E-state index contributed by atoms with van der Waals surface area (Å²) in [5.74, 6) is 4.29. The Morgan fingerprint density at radius 1 is 0.966 bits per heavy atom. The highest BCUT2D eigenvalue weighted by Crippen LogP contribution is 2.59. The van der Waals surface area contributed by atoms with Gasteiger partial charge in [-0.05, 0) is 92.3 Å². The van der Waals surface area contributed by atoms with Gasteiger partial charge in [0.15, 0.2) is 0 Å². The summed E-state index contributed by atoms with van der Waals surface area (Å²) in [6, 6.07) is 0. The van der Waals surface area contributed by atoms with Gasteiger partial charge in [0.05, 0.1) is 6.10 Å². The van der Waals surface area contributed by atoms with E-state index in [1.807, 2.05) is 0 Å². The summed E-state index contributed by atoms with van der Waals surface area (Å²) in [5, 5.41) is 10.1. The summed E-state index contributed by atoms with van der Waals surface area (Å²) < 4.78 is 0. The fourth-order valence-electron chi connectivity index (χ4n) is 6.50. The lowest BCUT2D eigenvalue weighted by Gasteiger charge is -2.44. The SMILES string of the molecule is CC(C)[C@@H](C)/C=C/[C@@H](C)[C@H]1CC[C@H]2/C(=C/C=C3/C[C@@H](O)CC[C@H]3C)CCC[C@]12C. The van der Waals surface area contributed by atoms with Gasteiger partial charge in [-0.2, -0.15) is 0 Å². The maximum Gasteiger partial charge on any atom is 0.0577 e. The van der Waals surface area contributed by atoms with Gasteiger partial charge in [-0.3, -0.25) is 0 Å². The van der Waals surface area contributed by atoms with E-state index in [1.54, 1.807) is 5.57 Å². The van der Waals surface area contributed by atoms with E-state index in [0.717, 1.165) is 37.0 Å². The van der Waals surface area contributed by atoms with Crippen molar-refractivity contribution >= 4 is 0 Å². The van der Waals surface area contributed by atoms with E-state index in [1.165, 1.54) is 37.7 Å². The van der Waals surface area contributed by atoms with Crippen LogP contribution in [0.25, 0.3) is 0 Å². The Labute approximate surface area is 180 Å². The van der Waals surface area contributed by atoms with Crippen LogP contribution in [0.4, 0.5) is 0 Å². The highest BCUT2D eigenvalue weighted by Gasteiger charge is 2.50. The Bertz CT molecular complexity index is 639. The van der Waals surface area contributed by atoms with Crippen LogP contribution in [0.3, 0.4) is 0 Å². The largest absolute Gasteiger partial charge is 0.393 e. The van der Waals surface area contributed by atoms with Crippen molar-refractivity contribution in [1.29, 1.82) is 0 Å². The summed E-state index contributed by atoms with van der Waals surface area (Å²) in [4.78, 5) is 0. The smallest absolute Gasteiger partial charge is 0.0577 e. The third-order valence-electron chi connectivity index (χ3n) is 8.99. The Balaban J connectivity index is 1.74. The van der Waals surface area contributed by atoms with Gasteiger partial charge in [0.2, 0.25) is 0 Å². The molecule has 0 aromatic carbocycles. The Hall–Kier alpha value is -0.820. The number of aliphatic hydroxyl groups is 1. The van der Waals surface area contributed by atoms with E-state index in [2.05, 4.69) is 65.8 Å². The molecule has 3 aliphatic carbocycles. The molecule has 3 saturated carbocycles. The number of fused-ring (bicyclic) bond motifs is 1. The van der Waals surface area contributed by atoms with Gasteiger partial charge < -0.3 is 5.11 Å². The lowest BCUT2D eigenvalue weighted by molar-refractivity contribution is 0.112. The fourth-order valence-corrected chi connectivity index (χ4v) is 6.50. The number of hydrogen-bond donors (Lipinski definition) is 1. The predicted molar refractivity (Wildman–Crippen MR) is 126 cm³/mol. The minimum Gasteiger partial charge on any atom is -0.393 e. The second kappa shape index (κ2) is 9.54. The number of allylic oxidation sites excluding steroid dienone is 5. The Morgan fingerprint density at radius 2 is 1.69 bits per heavy atom. The summed E-state index contributed by atoms with van der Waals surface area (Å²) in [6.07, 6.45) is 19.5. The van der Waals surface area contributed by atoms with Crippen molar-refractivity contribution in [3.05, 3.63) is 35.5 Å². The first-order valence-electron chi connectivity index (χ1n) is 12.5. The molecule has 0 saturated heterocycles. The van der Waals surface area contributed by atoms with Crippen LogP contribution >= 0.6 is 0 Å².